The van der Waals surface area contributed by atoms with Crippen LogP contribution >= 0.6 is 0 Å². The van der Waals surface area contributed by atoms with E-state index in [9.17, 15) is 0 Å². The Morgan fingerprint density at radius 1 is 0.864 bits per heavy atom. The van der Waals surface area contributed by atoms with Gasteiger partial charge in [-0.05, 0) is 77.5 Å². The molecule has 1 aromatic rings. The van der Waals surface area contributed by atoms with Gasteiger partial charge in [-0.15, -0.1) is 0 Å². The highest BCUT2D eigenvalue weighted by Crippen LogP contribution is 2.38. The first-order valence-electron chi connectivity index (χ1n) is 8.45. The van der Waals surface area contributed by atoms with Crippen LogP contribution in [0.4, 0.5) is 0 Å². The van der Waals surface area contributed by atoms with Crippen molar-refractivity contribution in [3.63, 3.8) is 0 Å². The lowest BCUT2D eigenvalue weighted by Crippen LogP contribution is -2.26. The number of hydrogen-bond donors (Lipinski definition) is 0. The van der Waals surface area contributed by atoms with Gasteiger partial charge in [-0.3, -0.25) is 0 Å². The van der Waals surface area contributed by atoms with Crippen LogP contribution in [0.25, 0.3) is 0 Å². The van der Waals surface area contributed by atoms with Gasteiger partial charge in [0, 0.05) is 0 Å². The fraction of sp³-hybridized carbons (Fsp3) is 0.700. The van der Waals surface area contributed by atoms with E-state index in [0.717, 1.165) is 17.9 Å². The van der Waals surface area contributed by atoms with Crippen LogP contribution in [0.15, 0.2) is 18.2 Å². The van der Waals surface area contributed by atoms with E-state index in [4.69, 9.17) is 9.47 Å². The molecule has 1 atom stereocenters. The SMILES string of the molecule is CCC(c1ccc(OC(C)(C)C)c(OC(C)(C)C)c1)C(C)C. The van der Waals surface area contributed by atoms with E-state index in [1.165, 1.54) is 5.56 Å². The third-order valence-electron chi connectivity index (χ3n) is 3.47. The zero-order valence-corrected chi connectivity index (χ0v) is 15.9. The zero-order chi connectivity index (χ0) is 17.1. The maximum atomic E-state index is 6.17. The van der Waals surface area contributed by atoms with Crippen LogP contribution in [-0.2, 0) is 0 Å². The van der Waals surface area contributed by atoms with Gasteiger partial charge in [0.05, 0.1) is 0 Å². The van der Waals surface area contributed by atoms with Gasteiger partial charge in [0.15, 0.2) is 11.5 Å². The molecule has 0 fully saturated rings. The molecular formula is C20H34O2. The standard InChI is InChI=1S/C20H34O2/c1-10-16(14(2)3)15-11-12-17(21-19(4,5)6)18(13-15)22-20(7,8)9/h11-14,16H,10H2,1-9H3. The molecule has 22 heavy (non-hydrogen) atoms. The van der Waals surface area contributed by atoms with Gasteiger partial charge >= 0.3 is 0 Å². The lowest BCUT2D eigenvalue weighted by atomic mass is 9.86. The summed E-state index contributed by atoms with van der Waals surface area (Å²) >= 11 is 0. The summed E-state index contributed by atoms with van der Waals surface area (Å²) in [5.41, 5.74) is 0.853. The van der Waals surface area contributed by atoms with E-state index in [1.54, 1.807) is 0 Å². The quantitative estimate of drug-likeness (QED) is 0.645. The first-order valence-corrected chi connectivity index (χ1v) is 8.45. The van der Waals surface area contributed by atoms with Crippen LogP contribution in [0.2, 0.25) is 0 Å². The van der Waals surface area contributed by atoms with Crippen molar-refractivity contribution >= 4 is 0 Å². The second kappa shape index (κ2) is 6.93. The molecule has 1 unspecified atom stereocenters. The maximum Gasteiger partial charge on any atom is 0.162 e. The second-order valence-corrected chi connectivity index (χ2v) is 8.39. The fourth-order valence-corrected chi connectivity index (χ4v) is 2.67. The summed E-state index contributed by atoms with van der Waals surface area (Å²) in [5.74, 6) is 2.83. The normalized spacial score (nSPS) is 14.1. The van der Waals surface area contributed by atoms with Gasteiger partial charge in [-0.1, -0.05) is 26.8 Å². The Morgan fingerprint density at radius 3 is 1.77 bits per heavy atom. The van der Waals surface area contributed by atoms with Crippen molar-refractivity contribution in [1.82, 2.24) is 0 Å². The largest absolute Gasteiger partial charge is 0.484 e. The summed E-state index contributed by atoms with van der Waals surface area (Å²) in [6, 6.07) is 6.41. The zero-order valence-electron chi connectivity index (χ0n) is 15.9. The van der Waals surface area contributed by atoms with E-state index in [1.807, 2.05) is 0 Å². The summed E-state index contributed by atoms with van der Waals surface area (Å²) in [6.07, 6.45) is 1.13. The first-order chi connectivity index (χ1) is 9.93. The minimum Gasteiger partial charge on any atom is -0.484 e. The Kier molecular flexibility index (Phi) is 5.95. The molecule has 1 rings (SSSR count). The van der Waals surface area contributed by atoms with Crippen molar-refractivity contribution in [3.8, 4) is 11.5 Å². The molecule has 0 radical (unpaired) electrons. The van der Waals surface area contributed by atoms with Crippen LogP contribution in [0, 0.1) is 5.92 Å². The molecule has 0 aliphatic carbocycles. The smallest absolute Gasteiger partial charge is 0.162 e. The molecule has 0 aromatic heterocycles. The van der Waals surface area contributed by atoms with Crippen molar-refractivity contribution in [2.75, 3.05) is 0 Å². The van der Waals surface area contributed by atoms with E-state index in [0.29, 0.717) is 11.8 Å². The Labute approximate surface area is 137 Å². The first kappa shape index (κ1) is 18.9. The maximum absolute atomic E-state index is 6.17. The Morgan fingerprint density at radius 2 is 1.36 bits per heavy atom. The third kappa shape index (κ3) is 5.90. The second-order valence-electron chi connectivity index (χ2n) is 8.39. The van der Waals surface area contributed by atoms with E-state index >= 15 is 0 Å². The lowest BCUT2D eigenvalue weighted by molar-refractivity contribution is 0.0955. The van der Waals surface area contributed by atoms with Crippen LogP contribution in [0.5, 0.6) is 11.5 Å². The Balaban J connectivity index is 3.24. The van der Waals surface area contributed by atoms with E-state index < -0.39 is 0 Å². The minimum atomic E-state index is -0.242. The molecular weight excluding hydrogens is 272 g/mol. The van der Waals surface area contributed by atoms with Crippen LogP contribution < -0.4 is 9.47 Å². The third-order valence-corrected chi connectivity index (χ3v) is 3.47. The molecule has 0 saturated carbocycles. The van der Waals surface area contributed by atoms with Gasteiger partial charge in [0.25, 0.3) is 0 Å². The summed E-state index contributed by atoms with van der Waals surface area (Å²) in [4.78, 5) is 0. The van der Waals surface area contributed by atoms with Crippen molar-refractivity contribution in [3.05, 3.63) is 23.8 Å². The summed E-state index contributed by atoms with van der Waals surface area (Å²) in [5, 5.41) is 0. The van der Waals surface area contributed by atoms with Crippen molar-refractivity contribution in [2.45, 2.75) is 85.9 Å². The Bertz CT molecular complexity index is 475. The molecule has 0 N–H and O–H groups in total. The van der Waals surface area contributed by atoms with E-state index in [-0.39, 0.29) is 11.2 Å². The molecule has 0 aliphatic rings. The molecule has 0 heterocycles. The molecule has 126 valence electrons. The summed E-state index contributed by atoms with van der Waals surface area (Å²) < 4.78 is 12.3. The monoisotopic (exact) mass is 306 g/mol. The molecule has 2 heteroatoms. The van der Waals surface area contributed by atoms with Gasteiger partial charge in [0.2, 0.25) is 0 Å². The van der Waals surface area contributed by atoms with Crippen LogP contribution in [0.1, 0.15) is 80.2 Å². The minimum absolute atomic E-state index is 0.236. The van der Waals surface area contributed by atoms with Crippen LogP contribution in [-0.4, -0.2) is 11.2 Å². The summed E-state index contributed by atoms with van der Waals surface area (Å²) in [7, 11) is 0. The average Bonchev–Trinajstić information content (AvgIpc) is 2.29. The van der Waals surface area contributed by atoms with Gasteiger partial charge in [-0.25, -0.2) is 0 Å². The van der Waals surface area contributed by atoms with E-state index in [2.05, 4.69) is 80.5 Å². The average molecular weight is 306 g/mol. The number of hydrogen-bond acceptors (Lipinski definition) is 2. The fourth-order valence-electron chi connectivity index (χ4n) is 2.67. The molecule has 2 nitrogen and oxygen atoms in total. The number of ether oxygens (including phenoxy) is 2. The van der Waals surface area contributed by atoms with Gasteiger partial charge < -0.3 is 9.47 Å². The van der Waals surface area contributed by atoms with Gasteiger partial charge in [-0.2, -0.15) is 0 Å². The van der Waals surface area contributed by atoms with Crippen molar-refractivity contribution in [2.24, 2.45) is 5.92 Å². The predicted molar refractivity (Wildman–Crippen MR) is 95.1 cm³/mol. The lowest BCUT2D eigenvalue weighted by Gasteiger charge is -2.28. The number of benzene rings is 1. The molecule has 0 spiro atoms. The summed E-state index contributed by atoms with van der Waals surface area (Å²) in [6.45, 7) is 19.2. The topological polar surface area (TPSA) is 18.5 Å². The highest BCUT2D eigenvalue weighted by molar-refractivity contribution is 5.45. The highest BCUT2D eigenvalue weighted by atomic mass is 16.5. The van der Waals surface area contributed by atoms with Crippen molar-refractivity contribution < 1.29 is 9.47 Å². The number of rotatable bonds is 5. The molecule has 1 aromatic carbocycles. The van der Waals surface area contributed by atoms with Crippen LogP contribution in [0.3, 0.4) is 0 Å². The molecule has 0 bridgehead atoms. The highest BCUT2D eigenvalue weighted by Gasteiger charge is 2.22. The molecule has 0 amide bonds. The Hall–Kier alpha value is -1.18. The molecule has 0 saturated heterocycles. The predicted octanol–water partition coefficient (Wildman–Crippen LogP) is 6.19. The molecule has 0 aliphatic heterocycles. The van der Waals surface area contributed by atoms with Crippen molar-refractivity contribution in [1.29, 1.82) is 0 Å². The van der Waals surface area contributed by atoms with Gasteiger partial charge in [0.1, 0.15) is 11.2 Å².